The number of sulfone groups is 1. The van der Waals surface area contributed by atoms with Gasteiger partial charge in [-0.05, 0) is 25.5 Å². The molecule has 9 heteroatoms. The van der Waals surface area contributed by atoms with Gasteiger partial charge in [-0.25, -0.2) is 13.2 Å². The fourth-order valence-corrected chi connectivity index (χ4v) is 3.10. The molecule has 2 amide bonds. The van der Waals surface area contributed by atoms with Gasteiger partial charge in [0.05, 0.1) is 16.2 Å². The van der Waals surface area contributed by atoms with E-state index >= 15 is 0 Å². The third-order valence-electron chi connectivity index (χ3n) is 3.48. The summed E-state index contributed by atoms with van der Waals surface area (Å²) in [5, 5.41) is 5.04. The lowest BCUT2D eigenvalue weighted by Crippen LogP contribution is -2.46. The Morgan fingerprint density at radius 1 is 1.15 bits per heavy atom. The standard InChI is InChI=1S/C17H24N2O6S/c1-4-10-18-16(21)12(3)19-15(20)11-25-17(22)13-8-6-7-9-14(13)26(23,24)5-2/h6-9,12H,4-5,10-11H2,1-3H3,(H,18,21)(H,19,20)/t12-/m1/s1. The maximum absolute atomic E-state index is 12.1. The molecule has 0 aliphatic rings. The maximum atomic E-state index is 12.1. The molecule has 0 aromatic heterocycles. The van der Waals surface area contributed by atoms with E-state index in [4.69, 9.17) is 4.74 Å². The smallest absolute Gasteiger partial charge is 0.339 e. The molecule has 26 heavy (non-hydrogen) atoms. The van der Waals surface area contributed by atoms with Gasteiger partial charge in [0.2, 0.25) is 5.91 Å². The van der Waals surface area contributed by atoms with E-state index in [1.807, 2.05) is 6.92 Å². The van der Waals surface area contributed by atoms with Gasteiger partial charge in [-0.15, -0.1) is 0 Å². The second-order valence-corrected chi connectivity index (χ2v) is 7.80. The number of rotatable bonds is 9. The molecule has 1 aromatic rings. The molecule has 0 saturated heterocycles. The Morgan fingerprint density at radius 2 is 1.81 bits per heavy atom. The number of esters is 1. The Balaban J connectivity index is 2.68. The van der Waals surface area contributed by atoms with Crippen LogP contribution in [0.5, 0.6) is 0 Å². The topological polar surface area (TPSA) is 119 Å². The van der Waals surface area contributed by atoms with Gasteiger partial charge < -0.3 is 15.4 Å². The Kier molecular flexibility index (Phi) is 8.24. The van der Waals surface area contributed by atoms with Crippen molar-refractivity contribution in [2.24, 2.45) is 0 Å². The molecule has 1 atom stereocenters. The van der Waals surface area contributed by atoms with Crippen LogP contribution in [-0.2, 0) is 24.2 Å². The zero-order chi connectivity index (χ0) is 19.7. The fourth-order valence-electron chi connectivity index (χ4n) is 2.02. The van der Waals surface area contributed by atoms with E-state index in [2.05, 4.69) is 10.6 Å². The zero-order valence-corrected chi connectivity index (χ0v) is 15.9. The van der Waals surface area contributed by atoms with Gasteiger partial charge in [-0.1, -0.05) is 26.0 Å². The lowest BCUT2D eigenvalue weighted by Gasteiger charge is -2.14. The first-order chi connectivity index (χ1) is 12.2. The summed E-state index contributed by atoms with van der Waals surface area (Å²) >= 11 is 0. The van der Waals surface area contributed by atoms with E-state index in [0.29, 0.717) is 6.54 Å². The van der Waals surface area contributed by atoms with Gasteiger partial charge in [0.25, 0.3) is 5.91 Å². The van der Waals surface area contributed by atoms with Crippen LogP contribution in [0.1, 0.15) is 37.6 Å². The molecule has 0 heterocycles. The van der Waals surface area contributed by atoms with Crippen LogP contribution in [0.15, 0.2) is 29.2 Å². The number of nitrogens with one attached hydrogen (secondary N) is 2. The molecule has 0 unspecified atom stereocenters. The molecule has 0 radical (unpaired) electrons. The van der Waals surface area contributed by atoms with Crippen molar-refractivity contribution >= 4 is 27.6 Å². The Labute approximate surface area is 153 Å². The summed E-state index contributed by atoms with van der Waals surface area (Å²) in [6, 6.07) is 4.87. The predicted molar refractivity (Wildman–Crippen MR) is 95.4 cm³/mol. The average molecular weight is 384 g/mol. The third kappa shape index (κ3) is 6.14. The SMILES string of the molecule is CCCNC(=O)[C@@H](C)NC(=O)COC(=O)c1ccccc1S(=O)(=O)CC. The summed E-state index contributed by atoms with van der Waals surface area (Å²) in [6.45, 7) is 4.75. The lowest BCUT2D eigenvalue weighted by molar-refractivity contribution is -0.130. The molecule has 2 N–H and O–H groups in total. The first-order valence-corrected chi connectivity index (χ1v) is 9.94. The molecule has 0 bridgehead atoms. The molecule has 8 nitrogen and oxygen atoms in total. The summed E-state index contributed by atoms with van der Waals surface area (Å²) in [7, 11) is -3.61. The van der Waals surface area contributed by atoms with Crippen molar-refractivity contribution in [3.05, 3.63) is 29.8 Å². The minimum atomic E-state index is -3.61. The molecule has 0 saturated carbocycles. The highest BCUT2D eigenvalue weighted by Gasteiger charge is 2.22. The molecule has 0 aliphatic heterocycles. The Hall–Kier alpha value is -2.42. The monoisotopic (exact) mass is 384 g/mol. The highest BCUT2D eigenvalue weighted by atomic mass is 32.2. The summed E-state index contributed by atoms with van der Waals surface area (Å²) in [6.07, 6.45) is 0.768. The quantitative estimate of drug-likeness (QED) is 0.604. The fraction of sp³-hybridized carbons (Fsp3) is 0.471. The molecule has 1 aromatic carbocycles. The van der Waals surface area contributed by atoms with E-state index in [9.17, 15) is 22.8 Å². The van der Waals surface area contributed by atoms with E-state index in [-0.39, 0.29) is 22.1 Å². The van der Waals surface area contributed by atoms with Crippen molar-refractivity contribution in [2.45, 2.75) is 38.1 Å². The highest BCUT2D eigenvalue weighted by Crippen LogP contribution is 2.17. The van der Waals surface area contributed by atoms with Crippen molar-refractivity contribution in [1.82, 2.24) is 10.6 Å². The number of hydrogen-bond donors (Lipinski definition) is 2. The Bertz CT molecular complexity index is 760. The molecule has 0 fully saturated rings. The molecule has 1 rings (SSSR count). The zero-order valence-electron chi connectivity index (χ0n) is 15.1. The maximum Gasteiger partial charge on any atom is 0.339 e. The van der Waals surface area contributed by atoms with Gasteiger partial charge >= 0.3 is 5.97 Å². The van der Waals surface area contributed by atoms with Crippen LogP contribution in [0, 0.1) is 0 Å². The second kappa shape index (κ2) is 9.91. The van der Waals surface area contributed by atoms with Gasteiger partial charge in [-0.2, -0.15) is 0 Å². The van der Waals surface area contributed by atoms with Crippen LogP contribution in [0.25, 0.3) is 0 Å². The minimum absolute atomic E-state index is 0.129. The Morgan fingerprint density at radius 3 is 2.42 bits per heavy atom. The normalized spacial score (nSPS) is 12.1. The highest BCUT2D eigenvalue weighted by molar-refractivity contribution is 7.91. The van der Waals surface area contributed by atoms with Crippen LogP contribution in [-0.4, -0.2) is 51.1 Å². The van der Waals surface area contributed by atoms with Crippen LogP contribution in [0.4, 0.5) is 0 Å². The summed E-state index contributed by atoms with van der Waals surface area (Å²) in [5.41, 5.74) is -0.129. The van der Waals surface area contributed by atoms with Crippen molar-refractivity contribution in [1.29, 1.82) is 0 Å². The van der Waals surface area contributed by atoms with E-state index in [1.165, 1.54) is 38.1 Å². The van der Waals surface area contributed by atoms with E-state index < -0.39 is 34.4 Å². The van der Waals surface area contributed by atoms with Crippen molar-refractivity contribution in [2.75, 3.05) is 18.9 Å². The van der Waals surface area contributed by atoms with Crippen LogP contribution >= 0.6 is 0 Å². The van der Waals surface area contributed by atoms with Crippen molar-refractivity contribution < 1.29 is 27.5 Å². The molecule has 0 aliphatic carbocycles. The third-order valence-corrected chi connectivity index (χ3v) is 5.26. The number of hydrogen-bond acceptors (Lipinski definition) is 6. The lowest BCUT2D eigenvalue weighted by atomic mass is 10.2. The largest absolute Gasteiger partial charge is 0.452 e. The van der Waals surface area contributed by atoms with E-state index in [0.717, 1.165) is 6.42 Å². The number of amides is 2. The van der Waals surface area contributed by atoms with Crippen molar-refractivity contribution in [3.63, 3.8) is 0 Å². The first-order valence-electron chi connectivity index (χ1n) is 8.28. The van der Waals surface area contributed by atoms with Crippen LogP contribution in [0.2, 0.25) is 0 Å². The van der Waals surface area contributed by atoms with Crippen molar-refractivity contribution in [3.8, 4) is 0 Å². The summed E-state index contributed by atoms with van der Waals surface area (Å²) in [4.78, 5) is 35.5. The second-order valence-electron chi connectivity index (χ2n) is 5.56. The van der Waals surface area contributed by atoms with E-state index in [1.54, 1.807) is 0 Å². The van der Waals surface area contributed by atoms with Gasteiger partial charge in [0.15, 0.2) is 16.4 Å². The van der Waals surface area contributed by atoms with Gasteiger partial charge in [-0.3, -0.25) is 9.59 Å². The number of carbonyl (C=O) groups excluding carboxylic acids is 3. The molecular weight excluding hydrogens is 360 g/mol. The van der Waals surface area contributed by atoms with Crippen LogP contribution < -0.4 is 10.6 Å². The molecular formula is C17H24N2O6S. The molecule has 0 spiro atoms. The summed E-state index contributed by atoms with van der Waals surface area (Å²) < 4.78 is 29.0. The number of benzene rings is 1. The number of carbonyl (C=O) groups is 3. The van der Waals surface area contributed by atoms with Gasteiger partial charge in [0.1, 0.15) is 6.04 Å². The number of ether oxygens (including phenoxy) is 1. The first kappa shape index (κ1) is 21.6. The van der Waals surface area contributed by atoms with Gasteiger partial charge in [0, 0.05) is 6.54 Å². The summed E-state index contributed by atoms with van der Waals surface area (Å²) in [5.74, 6) is -2.09. The predicted octanol–water partition coefficient (Wildman–Crippen LogP) is 0.668. The van der Waals surface area contributed by atoms with Crippen LogP contribution in [0.3, 0.4) is 0 Å². The molecule has 144 valence electrons. The average Bonchev–Trinajstić information content (AvgIpc) is 2.63. The minimum Gasteiger partial charge on any atom is -0.452 e.